The van der Waals surface area contributed by atoms with E-state index in [4.69, 9.17) is 0 Å². The third kappa shape index (κ3) is 2.61. The fourth-order valence-electron chi connectivity index (χ4n) is 1.66. The van der Waals surface area contributed by atoms with E-state index in [0.717, 1.165) is 17.8 Å². The molecule has 0 unspecified atom stereocenters. The summed E-state index contributed by atoms with van der Waals surface area (Å²) in [4.78, 5) is 18.5. The van der Waals surface area contributed by atoms with Gasteiger partial charge in [-0.15, -0.1) is 11.3 Å². The number of amides is 1. The summed E-state index contributed by atoms with van der Waals surface area (Å²) in [7, 11) is 0. The lowest BCUT2D eigenvalue weighted by Gasteiger charge is -2.28. The molecule has 1 amide bonds. The Bertz CT molecular complexity index is 363. The first-order valence-electron chi connectivity index (χ1n) is 5.68. The number of aromatic nitrogens is 1. The lowest BCUT2D eigenvalue weighted by atomic mass is 9.94. The highest BCUT2D eigenvalue weighted by Gasteiger charge is 2.37. The van der Waals surface area contributed by atoms with Crippen LogP contribution in [0, 0.1) is 5.41 Å². The van der Waals surface area contributed by atoms with Crippen molar-refractivity contribution in [1.29, 1.82) is 0 Å². The lowest BCUT2D eigenvalue weighted by Crippen LogP contribution is -2.40. The molecule has 0 atom stereocenters. The van der Waals surface area contributed by atoms with Gasteiger partial charge in [0, 0.05) is 23.0 Å². The summed E-state index contributed by atoms with van der Waals surface area (Å²) in [6.07, 6.45) is 4.09. The molecule has 1 aliphatic carbocycles. The molecular formula is C12H18N2OS. The maximum atomic E-state index is 12.3. The molecule has 2 rings (SSSR count). The van der Waals surface area contributed by atoms with E-state index in [9.17, 15) is 4.79 Å². The van der Waals surface area contributed by atoms with E-state index in [-0.39, 0.29) is 11.3 Å². The van der Waals surface area contributed by atoms with Crippen LogP contribution in [0.4, 0.5) is 0 Å². The fraction of sp³-hybridized carbons (Fsp3) is 0.667. The molecule has 16 heavy (non-hydrogen) atoms. The van der Waals surface area contributed by atoms with Crippen molar-refractivity contribution in [1.82, 2.24) is 9.88 Å². The Morgan fingerprint density at radius 1 is 1.56 bits per heavy atom. The standard InChI is InChI=1S/C12H18N2OS/c1-12(2,3)11(15)14(9-4-5-9)8-10-13-6-7-16-10/h6-7,9H,4-5,8H2,1-3H3. The molecule has 0 spiro atoms. The minimum absolute atomic E-state index is 0.241. The smallest absolute Gasteiger partial charge is 0.228 e. The summed E-state index contributed by atoms with van der Waals surface area (Å²) in [5.41, 5.74) is -0.292. The highest BCUT2D eigenvalue weighted by Crippen LogP contribution is 2.32. The molecule has 1 heterocycles. The summed E-state index contributed by atoms with van der Waals surface area (Å²) in [6.45, 7) is 6.62. The van der Waals surface area contributed by atoms with Crippen molar-refractivity contribution >= 4 is 17.2 Å². The van der Waals surface area contributed by atoms with Crippen LogP contribution in [0.3, 0.4) is 0 Å². The average molecular weight is 238 g/mol. The van der Waals surface area contributed by atoms with Gasteiger partial charge in [0.1, 0.15) is 5.01 Å². The summed E-state index contributed by atoms with van der Waals surface area (Å²) >= 11 is 1.62. The molecule has 1 aromatic rings. The summed E-state index contributed by atoms with van der Waals surface area (Å²) < 4.78 is 0. The molecule has 1 saturated carbocycles. The normalized spacial score (nSPS) is 16.2. The van der Waals surface area contributed by atoms with Gasteiger partial charge in [-0.1, -0.05) is 20.8 Å². The monoisotopic (exact) mass is 238 g/mol. The van der Waals surface area contributed by atoms with Crippen LogP contribution in [-0.4, -0.2) is 21.8 Å². The highest BCUT2D eigenvalue weighted by atomic mass is 32.1. The topological polar surface area (TPSA) is 33.2 Å². The Kier molecular flexibility index (Phi) is 3.02. The zero-order valence-electron chi connectivity index (χ0n) is 10.1. The van der Waals surface area contributed by atoms with Gasteiger partial charge in [0.2, 0.25) is 5.91 Å². The predicted octanol–water partition coefficient (Wildman–Crippen LogP) is 2.68. The van der Waals surface area contributed by atoms with Gasteiger partial charge in [-0.2, -0.15) is 0 Å². The van der Waals surface area contributed by atoms with Crippen LogP contribution < -0.4 is 0 Å². The van der Waals surface area contributed by atoms with E-state index in [1.165, 1.54) is 0 Å². The van der Waals surface area contributed by atoms with Gasteiger partial charge in [-0.25, -0.2) is 4.98 Å². The zero-order valence-corrected chi connectivity index (χ0v) is 10.9. The number of hydrogen-bond donors (Lipinski definition) is 0. The minimum Gasteiger partial charge on any atom is -0.332 e. The first kappa shape index (κ1) is 11.6. The maximum Gasteiger partial charge on any atom is 0.228 e. The second kappa shape index (κ2) is 4.17. The Morgan fingerprint density at radius 2 is 2.25 bits per heavy atom. The average Bonchev–Trinajstić information content (AvgIpc) is 2.90. The summed E-state index contributed by atoms with van der Waals surface area (Å²) in [5, 5.41) is 2.99. The van der Waals surface area contributed by atoms with E-state index >= 15 is 0 Å². The molecule has 0 aliphatic heterocycles. The Morgan fingerprint density at radius 3 is 2.69 bits per heavy atom. The molecule has 1 aliphatic rings. The van der Waals surface area contributed by atoms with E-state index in [2.05, 4.69) is 4.98 Å². The van der Waals surface area contributed by atoms with E-state index < -0.39 is 0 Å². The number of carbonyl (C=O) groups is 1. The van der Waals surface area contributed by atoms with E-state index in [1.807, 2.05) is 31.1 Å². The van der Waals surface area contributed by atoms with E-state index in [1.54, 1.807) is 17.5 Å². The fourth-order valence-corrected chi connectivity index (χ4v) is 2.27. The van der Waals surface area contributed by atoms with Crippen LogP contribution >= 0.6 is 11.3 Å². The van der Waals surface area contributed by atoms with Crippen molar-refractivity contribution in [3.05, 3.63) is 16.6 Å². The zero-order chi connectivity index (χ0) is 11.8. The summed E-state index contributed by atoms with van der Waals surface area (Å²) in [6, 6.07) is 0.454. The lowest BCUT2D eigenvalue weighted by molar-refractivity contribution is -0.140. The first-order valence-corrected chi connectivity index (χ1v) is 6.56. The Labute approximate surface area is 100 Å². The minimum atomic E-state index is -0.292. The van der Waals surface area contributed by atoms with Gasteiger partial charge in [-0.3, -0.25) is 4.79 Å². The molecule has 1 aromatic heterocycles. The molecule has 4 heteroatoms. The number of rotatable bonds is 3. The number of carbonyl (C=O) groups excluding carboxylic acids is 1. The van der Waals surface area contributed by atoms with Crippen molar-refractivity contribution in [2.45, 2.75) is 46.2 Å². The van der Waals surface area contributed by atoms with Crippen LogP contribution in [0.5, 0.6) is 0 Å². The van der Waals surface area contributed by atoms with Gasteiger partial charge in [0.15, 0.2) is 0 Å². The molecule has 0 N–H and O–H groups in total. The van der Waals surface area contributed by atoms with Crippen LogP contribution in [0.25, 0.3) is 0 Å². The van der Waals surface area contributed by atoms with Gasteiger partial charge < -0.3 is 4.90 Å². The van der Waals surface area contributed by atoms with Crippen molar-refractivity contribution in [2.75, 3.05) is 0 Å². The Balaban J connectivity index is 2.09. The molecule has 1 fully saturated rings. The van der Waals surface area contributed by atoms with Crippen molar-refractivity contribution in [3.63, 3.8) is 0 Å². The maximum absolute atomic E-state index is 12.3. The number of thiazole rings is 1. The molecule has 0 aromatic carbocycles. The molecule has 3 nitrogen and oxygen atoms in total. The van der Waals surface area contributed by atoms with Crippen molar-refractivity contribution < 1.29 is 4.79 Å². The Hall–Kier alpha value is -0.900. The van der Waals surface area contributed by atoms with Crippen molar-refractivity contribution in [2.24, 2.45) is 5.41 Å². The molecule has 0 bridgehead atoms. The van der Waals surface area contributed by atoms with Crippen molar-refractivity contribution in [3.8, 4) is 0 Å². The van der Waals surface area contributed by atoms with Gasteiger partial charge in [0.25, 0.3) is 0 Å². The number of hydrogen-bond acceptors (Lipinski definition) is 3. The van der Waals surface area contributed by atoms with E-state index in [0.29, 0.717) is 12.6 Å². The van der Waals surface area contributed by atoms with Crippen LogP contribution in [0.15, 0.2) is 11.6 Å². The quantitative estimate of drug-likeness (QED) is 0.811. The number of nitrogens with zero attached hydrogens (tertiary/aromatic N) is 2. The van der Waals surface area contributed by atoms with Gasteiger partial charge >= 0.3 is 0 Å². The molecule has 88 valence electrons. The summed E-state index contributed by atoms with van der Waals surface area (Å²) in [5.74, 6) is 0.241. The highest BCUT2D eigenvalue weighted by molar-refractivity contribution is 7.09. The molecule has 0 saturated heterocycles. The van der Waals surface area contributed by atoms with Gasteiger partial charge in [0.05, 0.1) is 6.54 Å². The third-order valence-corrected chi connectivity index (χ3v) is 3.44. The van der Waals surface area contributed by atoms with Crippen LogP contribution in [-0.2, 0) is 11.3 Å². The third-order valence-electron chi connectivity index (χ3n) is 2.68. The first-order chi connectivity index (χ1) is 7.48. The van der Waals surface area contributed by atoms with Crippen LogP contribution in [0.1, 0.15) is 38.6 Å². The molecule has 0 radical (unpaired) electrons. The SMILES string of the molecule is CC(C)(C)C(=O)N(Cc1nccs1)C1CC1. The molecular weight excluding hydrogens is 220 g/mol. The second-order valence-corrected chi connectivity index (χ2v) is 6.32. The predicted molar refractivity (Wildman–Crippen MR) is 65.1 cm³/mol. The second-order valence-electron chi connectivity index (χ2n) is 5.34. The van der Waals surface area contributed by atoms with Crippen LogP contribution in [0.2, 0.25) is 0 Å². The van der Waals surface area contributed by atoms with Gasteiger partial charge in [-0.05, 0) is 12.8 Å². The largest absolute Gasteiger partial charge is 0.332 e.